The predicted molar refractivity (Wildman–Crippen MR) is 125 cm³/mol. The number of benzene rings is 3. The summed E-state index contributed by atoms with van der Waals surface area (Å²) in [7, 11) is 0. The number of esters is 1. The maximum absolute atomic E-state index is 14.5. The lowest BCUT2D eigenvalue weighted by atomic mass is 9.72. The van der Waals surface area contributed by atoms with E-state index >= 15 is 0 Å². The third-order valence-corrected chi connectivity index (χ3v) is 6.23. The van der Waals surface area contributed by atoms with Crippen LogP contribution in [0.1, 0.15) is 47.3 Å². The average molecular weight is 481 g/mol. The minimum atomic E-state index is -2.14. The number of hydrogen-bond acceptors (Lipinski definition) is 5. The molecule has 0 fully saturated rings. The van der Waals surface area contributed by atoms with Crippen molar-refractivity contribution in [3.05, 3.63) is 94.6 Å². The van der Waals surface area contributed by atoms with E-state index in [9.17, 15) is 28.6 Å². The summed E-state index contributed by atoms with van der Waals surface area (Å²) in [5.41, 5.74) is -1.59. The van der Waals surface area contributed by atoms with Crippen LogP contribution in [0.4, 0.5) is 14.5 Å². The zero-order valence-corrected chi connectivity index (χ0v) is 19.3. The lowest BCUT2D eigenvalue weighted by molar-refractivity contribution is -0.136. The number of ether oxygens (including phenoxy) is 1. The highest BCUT2D eigenvalue weighted by molar-refractivity contribution is 5.99. The number of phenols is 1. The van der Waals surface area contributed by atoms with E-state index in [2.05, 4.69) is 5.32 Å². The van der Waals surface area contributed by atoms with Crippen LogP contribution in [0, 0.1) is 11.6 Å². The SMILES string of the molecule is CC(C)(CC(O)(Cc1ccccc1F)C(=O)Nc1ccc2c(c1)COC2=O)c1cc(F)ccc1O. The van der Waals surface area contributed by atoms with Crippen molar-refractivity contribution in [1.82, 2.24) is 0 Å². The maximum atomic E-state index is 14.5. The molecule has 0 radical (unpaired) electrons. The van der Waals surface area contributed by atoms with Gasteiger partial charge in [0, 0.05) is 23.2 Å². The number of fused-ring (bicyclic) bond motifs is 1. The molecule has 3 aromatic carbocycles. The van der Waals surface area contributed by atoms with Crippen molar-refractivity contribution < 1.29 is 33.3 Å². The van der Waals surface area contributed by atoms with Crippen molar-refractivity contribution in [2.75, 3.05) is 5.32 Å². The van der Waals surface area contributed by atoms with Gasteiger partial charge < -0.3 is 20.3 Å². The smallest absolute Gasteiger partial charge is 0.338 e. The molecule has 8 heteroatoms. The van der Waals surface area contributed by atoms with Crippen LogP contribution in [0.3, 0.4) is 0 Å². The van der Waals surface area contributed by atoms with Crippen molar-refractivity contribution >= 4 is 17.6 Å². The van der Waals surface area contributed by atoms with Gasteiger partial charge in [0.1, 0.15) is 29.6 Å². The summed E-state index contributed by atoms with van der Waals surface area (Å²) in [6.07, 6.45) is -0.624. The van der Waals surface area contributed by atoms with E-state index < -0.39 is 34.5 Å². The molecule has 0 spiro atoms. The second-order valence-corrected chi connectivity index (χ2v) is 9.42. The van der Waals surface area contributed by atoms with Gasteiger partial charge in [-0.15, -0.1) is 0 Å². The molecule has 1 atom stereocenters. The van der Waals surface area contributed by atoms with Gasteiger partial charge in [0.2, 0.25) is 0 Å². The number of carbonyl (C=O) groups excluding carboxylic acids is 2. The van der Waals surface area contributed by atoms with Gasteiger partial charge in [-0.1, -0.05) is 32.0 Å². The largest absolute Gasteiger partial charge is 0.508 e. The Bertz CT molecular complexity index is 1310. The zero-order chi connectivity index (χ0) is 25.4. The summed E-state index contributed by atoms with van der Waals surface area (Å²) in [6, 6.07) is 13.9. The molecule has 3 aromatic rings. The van der Waals surface area contributed by atoms with E-state index in [1.807, 2.05) is 0 Å². The Labute approximate surface area is 201 Å². The normalized spacial score (nSPS) is 14.7. The van der Waals surface area contributed by atoms with Crippen molar-refractivity contribution in [2.24, 2.45) is 0 Å². The quantitative estimate of drug-likeness (QED) is 0.428. The monoisotopic (exact) mass is 481 g/mol. The van der Waals surface area contributed by atoms with Crippen molar-refractivity contribution in [2.45, 2.75) is 44.3 Å². The molecular formula is C27H25F2NO5. The van der Waals surface area contributed by atoms with E-state index in [0.29, 0.717) is 16.8 Å². The first kappa shape index (κ1) is 24.3. The molecule has 6 nitrogen and oxygen atoms in total. The van der Waals surface area contributed by atoms with Gasteiger partial charge in [-0.05, 0) is 59.9 Å². The van der Waals surface area contributed by atoms with E-state index in [1.54, 1.807) is 26.0 Å². The zero-order valence-electron chi connectivity index (χ0n) is 19.3. The number of halogens is 2. The first-order chi connectivity index (χ1) is 16.5. The second-order valence-electron chi connectivity index (χ2n) is 9.42. The van der Waals surface area contributed by atoms with E-state index in [1.165, 1.54) is 36.4 Å². The number of anilines is 1. The first-order valence-electron chi connectivity index (χ1n) is 11.0. The molecule has 1 aliphatic heterocycles. The van der Waals surface area contributed by atoms with Gasteiger partial charge >= 0.3 is 5.97 Å². The fraction of sp³-hybridized carbons (Fsp3) is 0.259. The van der Waals surface area contributed by atoms with E-state index in [-0.39, 0.29) is 36.3 Å². The number of aromatic hydroxyl groups is 1. The van der Waals surface area contributed by atoms with Crippen LogP contribution in [-0.2, 0) is 28.0 Å². The van der Waals surface area contributed by atoms with Crippen LogP contribution < -0.4 is 5.32 Å². The lowest BCUT2D eigenvalue weighted by Crippen LogP contribution is -2.49. The van der Waals surface area contributed by atoms with Gasteiger partial charge in [-0.25, -0.2) is 13.6 Å². The first-order valence-corrected chi connectivity index (χ1v) is 11.0. The molecular weight excluding hydrogens is 456 g/mol. The van der Waals surface area contributed by atoms with Crippen LogP contribution in [0.15, 0.2) is 60.7 Å². The Morgan fingerprint density at radius 3 is 2.57 bits per heavy atom. The third-order valence-electron chi connectivity index (χ3n) is 6.23. The molecule has 0 aromatic heterocycles. The highest BCUT2D eigenvalue weighted by Gasteiger charge is 2.43. The minimum Gasteiger partial charge on any atom is -0.508 e. The van der Waals surface area contributed by atoms with Crippen LogP contribution in [0.2, 0.25) is 0 Å². The van der Waals surface area contributed by atoms with Crippen LogP contribution in [0.5, 0.6) is 5.75 Å². The summed E-state index contributed by atoms with van der Waals surface area (Å²) < 4.78 is 33.4. The van der Waals surface area contributed by atoms with Gasteiger partial charge in [0.05, 0.1) is 5.56 Å². The molecule has 4 rings (SSSR count). The number of carbonyl (C=O) groups is 2. The number of nitrogens with one attached hydrogen (secondary N) is 1. The Hall–Kier alpha value is -3.78. The molecule has 35 heavy (non-hydrogen) atoms. The second kappa shape index (κ2) is 9.11. The molecule has 0 aliphatic carbocycles. The number of amides is 1. The number of rotatable bonds is 7. The Morgan fingerprint density at radius 1 is 1.09 bits per heavy atom. The lowest BCUT2D eigenvalue weighted by Gasteiger charge is -2.36. The minimum absolute atomic E-state index is 0.0727. The molecule has 1 unspecified atom stereocenters. The van der Waals surface area contributed by atoms with Gasteiger partial charge in [-0.2, -0.15) is 0 Å². The molecule has 182 valence electrons. The van der Waals surface area contributed by atoms with Crippen molar-refractivity contribution in [1.29, 1.82) is 0 Å². The predicted octanol–water partition coefficient (Wildman–Crippen LogP) is 4.62. The fourth-order valence-corrected chi connectivity index (χ4v) is 4.52. The Balaban J connectivity index is 1.68. The van der Waals surface area contributed by atoms with Crippen LogP contribution in [0.25, 0.3) is 0 Å². The molecule has 3 N–H and O–H groups in total. The molecule has 0 bridgehead atoms. The summed E-state index contributed by atoms with van der Waals surface area (Å²) >= 11 is 0. The number of cyclic esters (lactones) is 1. The molecule has 1 amide bonds. The number of hydrogen-bond donors (Lipinski definition) is 3. The summed E-state index contributed by atoms with van der Waals surface area (Å²) in [4.78, 5) is 25.2. The Morgan fingerprint density at radius 2 is 1.83 bits per heavy atom. The van der Waals surface area contributed by atoms with E-state index in [0.717, 1.165) is 12.1 Å². The third kappa shape index (κ3) is 5.02. The molecule has 0 saturated carbocycles. The molecule has 1 aliphatic rings. The van der Waals surface area contributed by atoms with Crippen LogP contribution >= 0.6 is 0 Å². The fourth-order valence-electron chi connectivity index (χ4n) is 4.52. The van der Waals surface area contributed by atoms with Crippen molar-refractivity contribution in [3.8, 4) is 5.75 Å². The van der Waals surface area contributed by atoms with Crippen LogP contribution in [-0.4, -0.2) is 27.7 Å². The highest BCUT2D eigenvalue weighted by Crippen LogP contribution is 2.39. The average Bonchev–Trinajstić information content (AvgIpc) is 3.16. The highest BCUT2D eigenvalue weighted by atomic mass is 19.1. The molecule has 0 saturated heterocycles. The van der Waals surface area contributed by atoms with Gasteiger partial charge in [0.15, 0.2) is 0 Å². The summed E-state index contributed by atoms with van der Waals surface area (Å²) in [6.45, 7) is 3.38. The van der Waals surface area contributed by atoms with Crippen molar-refractivity contribution in [3.63, 3.8) is 0 Å². The Kier molecular flexibility index (Phi) is 6.34. The topological polar surface area (TPSA) is 95.9 Å². The number of phenolic OH excluding ortho intramolecular Hbond substituents is 1. The summed E-state index contributed by atoms with van der Waals surface area (Å²) in [5, 5.41) is 24.7. The maximum Gasteiger partial charge on any atom is 0.338 e. The number of aliphatic hydroxyl groups is 1. The van der Waals surface area contributed by atoms with Gasteiger partial charge in [0.25, 0.3) is 5.91 Å². The molecule has 1 heterocycles. The summed E-state index contributed by atoms with van der Waals surface area (Å²) in [5.74, 6) is -2.62. The standard InChI is InChI=1S/C27H25F2NO5/c1-26(2,21-12-18(28)7-10-23(21)31)15-27(34,13-16-5-3-4-6-22(16)29)25(33)30-19-8-9-20-17(11-19)14-35-24(20)32/h3-12,31,34H,13-15H2,1-2H3,(H,30,33). The van der Waals surface area contributed by atoms with E-state index in [4.69, 9.17) is 4.74 Å². The van der Waals surface area contributed by atoms with Gasteiger partial charge in [-0.3, -0.25) is 4.79 Å².